The van der Waals surface area contributed by atoms with Gasteiger partial charge >= 0.3 is 0 Å². The Morgan fingerprint density at radius 2 is 1.31 bits per heavy atom. The Kier molecular flexibility index (Phi) is 5.97. The highest BCUT2D eigenvalue weighted by Crippen LogP contribution is 2.28. The molecule has 0 saturated carbocycles. The van der Waals surface area contributed by atoms with Gasteiger partial charge < -0.3 is 4.74 Å². The fourth-order valence-electron chi connectivity index (χ4n) is 3.75. The molecule has 1 aliphatic rings. The van der Waals surface area contributed by atoms with E-state index in [2.05, 4.69) is 24.3 Å². The Morgan fingerprint density at radius 1 is 0.759 bits per heavy atom. The number of sulfonamides is 1. The van der Waals surface area contributed by atoms with Crippen LogP contribution in [0.25, 0.3) is 0 Å². The van der Waals surface area contributed by atoms with Crippen LogP contribution in [0.5, 0.6) is 11.5 Å². The smallest absolute Gasteiger partial charge is 0.243 e. The average molecular weight is 408 g/mol. The first-order valence-electron chi connectivity index (χ1n) is 9.98. The average Bonchev–Trinajstić information content (AvgIpc) is 2.76. The molecule has 0 aliphatic carbocycles. The number of hydrogen-bond donors (Lipinski definition) is 0. The second-order valence-electron chi connectivity index (χ2n) is 7.42. The summed E-state index contributed by atoms with van der Waals surface area (Å²) in [5.41, 5.74) is 1.32. The Labute approximate surface area is 172 Å². The maximum absolute atomic E-state index is 13.0. The molecule has 1 aliphatic heterocycles. The first-order chi connectivity index (χ1) is 14.1. The Morgan fingerprint density at radius 3 is 1.93 bits per heavy atom. The van der Waals surface area contributed by atoms with Gasteiger partial charge in [-0.25, -0.2) is 8.42 Å². The first kappa shape index (κ1) is 19.7. The van der Waals surface area contributed by atoms with Crippen molar-refractivity contribution in [3.05, 3.63) is 90.5 Å². The minimum Gasteiger partial charge on any atom is -0.457 e. The summed E-state index contributed by atoms with van der Waals surface area (Å²) < 4.78 is 33.4. The van der Waals surface area contributed by atoms with Crippen molar-refractivity contribution in [3.63, 3.8) is 0 Å². The lowest BCUT2D eigenvalue weighted by Gasteiger charge is -2.31. The van der Waals surface area contributed by atoms with Crippen molar-refractivity contribution >= 4 is 10.0 Å². The SMILES string of the molecule is O=S(=O)(c1ccc(Oc2ccccc2)cc1)N1CCC(Cc2ccccc2)CC1. The maximum atomic E-state index is 13.0. The number of para-hydroxylation sites is 1. The predicted octanol–water partition coefficient (Wildman–Crippen LogP) is 5.12. The summed E-state index contributed by atoms with van der Waals surface area (Å²) in [6.45, 7) is 1.14. The lowest BCUT2D eigenvalue weighted by Crippen LogP contribution is -2.38. The summed E-state index contributed by atoms with van der Waals surface area (Å²) in [5.74, 6) is 1.88. The van der Waals surface area contributed by atoms with E-state index in [9.17, 15) is 8.42 Å². The van der Waals surface area contributed by atoms with Gasteiger partial charge in [0.05, 0.1) is 4.90 Å². The molecule has 0 amide bonds. The number of benzene rings is 3. The summed E-state index contributed by atoms with van der Waals surface area (Å²) in [7, 11) is -3.47. The molecule has 0 N–H and O–H groups in total. The third-order valence-electron chi connectivity index (χ3n) is 5.38. The molecule has 0 spiro atoms. The lowest BCUT2D eigenvalue weighted by atomic mass is 9.91. The van der Waals surface area contributed by atoms with Gasteiger partial charge in [-0.15, -0.1) is 0 Å². The number of rotatable bonds is 6. The van der Waals surface area contributed by atoms with Gasteiger partial charge in [-0.1, -0.05) is 48.5 Å². The first-order valence-corrected chi connectivity index (χ1v) is 11.4. The largest absolute Gasteiger partial charge is 0.457 e. The van der Waals surface area contributed by atoms with E-state index >= 15 is 0 Å². The standard InChI is InChI=1S/C24H25NO3S/c26-29(27,24-13-11-23(12-14-24)28-22-9-5-2-6-10-22)25-17-15-21(16-18-25)19-20-7-3-1-4-8-20/h1-14,21H,15-19H2. The monoisotopic (exact) mass is 407 g/mol. The van der Waals surface area contributed by atoms with Crippen molar-refractivity contribution in [1.82, 2.24) is 4.31 Å². The highest BCUT2D eigenvalue weighted by atomic mass is 32.2. The van der Waals surface area contributed by atoms with Crippen LogP contribution in [0.4, 0.5) is 0 Å². The van der Waals surface area contributed by atoms with E-state index in [4.69, 9.17) is 4.74 Å². The molecular formula is C24H25NO3S. The van der Waals surface area contributed by atoms with Crippen molar-refractivity contribution in [1.29, 1.82) is 0 Å². The summed E-state index contributed by atoms with van der Waals surface area (Å²) in [6.07, 6.45) is 2.80. The molecule has 1 saturated heterocycles. The van der Waals surface area contributed by atoms with Crippen LogP contribution < -0.4 is 4.74 Å². The van der Waals surface area contributed by atoms with Crippen LogP contribution in [0, 0.1) is 5.92 Å². The molecule has 5 heteroatoms. The van der Waals surface area contributed by atoms with Gasteiger partial charge in [-0.2, -0.15) is 4.31 Å². The van der Waals surface area contributed by atoms with Crippen molar-refractivity contribution in [3.8, 4) is 11.5 Å². The van der Waals surface area contributed by atoms with Crippen LogP contribution in [0.3, 0.4) is 0 Å². The van der Waals surface area contributed by atoms with Gasteiger partial charge in [-0.3, -0.25) is 0 Å². The van der Waals surface area contributed by atoms with Crippen LogP contribution in [0.2, 0.25) is 0 Å². The fraction of sp³-hybridized carbons (Fsp3) is 0.250. The molecule has 29 heavy (non-hydrogen) atoms. The van der Waals surface area contributed by atoms with E-state index in [-0.39, 0.29) is 0 Å². The second kappa shape index (κ2) is 8.80. The molecule has 0 unspecified atom stereocenters. The predicted molar refractivity (Wildman–Crippen MR) is 115 cm³/mol. The van der Waals surface area contributed by atoms with Gasteiger partial charge in [-0.05, 0) is 67.1 Å². The number of hydrogen-bond acceptors (Lipinski definition) is 3. The molecule has 0 bridgehead atoms. The van der Waals surface area contributed by atoms with Gasteiger partial charge in [0.15, 0.2) is 0 Å². The van der Waals surface area contributed by atoms with Crippen molar-refractivity contribution in [2.24, 2.45) is 5.92 Å². The molecule has 1 heterocycles. The Hall–Kier alpha value is -2.63. The van der Waals surface area contributed by atoms with E-state index in [0.717, 1.165) is 25.0 Å². The minimum atomic E-state index is -3.47. The summed E-state index contributed by atoms with van der Waals surface area (Å²) >= 11 is 0. The normalized spacial score (nSPS) is 15.9. The van der Waals surface area contributed by atoms with Crippen LogP contribution >= 0.6 is 0 Å². The molecule has 0 radical (unpaired) electrons. The minimum absolute atomic E-state index is 0.319. The molecular weight excluding hydrogens is 382 g/mol. The van der Waals surface area contributed by atoms with Crippen LogP contribution in [0.15, 0.2) is 89.8 Å². The van der Waals surface area contributed by atoms with Crippen molar-refractivity contribution < 1.29 is 13.2 Å². The second-order valence-corrected chi connectivity index (χ2v) is 9.36. The van der Waals surface area contributed by atoms with Gasteiger partial charge in [0.2, 0.25) is 10.0 Å². The highest BCUT2D eigenvalue weighted by molar-refractivity contribution is 7.89. The summed E-state index contributed by atoms with van der Waals surface area (Å²) in [6, 6.07) is 26.5. The molecule has 0 aromatic heterocycles. The van der Waals surface area contributed by atoms with Gasteiger partial charge in [0, 0.05) is 13.1 Å². The van der Waals surface area contributed by atoms with E-state index in [1.165, 1.54) is 5.56 Å². The Bertz CT molecular complexity index is 1010. The molecule has 4 nitrogen and oxygen atoms in total. The highest BCUT2D eigenvalue weighted by Gasteiger charge is 2.29. The molecule has 3 aromatic rings. The van der Waals surface area contributed by atoms with Crippen LogP contribution in [0.1, 0.15) is 18.4 Å². The van der Waals surface area contributed by atoms with E-state index in [1.807, 2.05) is 36.4 Å². The molecule has 150 valence electrons. The van der Waals surface area contributed by atoms with Crippen LogP contribution in [-0.2, 0) is 16.4 Å². The summed E-state index contributed by atoms with van der Waals surface area (Å²) in [5, 5.41) is 0. The zero-order valence-corrected chi connectivity index (χ0v) is 17.1. The van der Waals surface area contributed by atoms with Crippen LogP contribution in [-0.4, -0.2) is 25.8 Å². The topological polar surface area (TPSA) is 46.6 Å². The van der Waals surface area contributed by atoms with E-state index in [1.54, 1.807) is 28.6 Å². The number of nitrogens with zero attached hydrogens (tertiary/aromatic N) is 1. The molecule has 4 rings (SSSR count). The lowest BCUT2D eigenvalue weighted by molar-refractivity contribution is 0.273. The maximum Gasteiger partial charge on any atom is 0.243 e. The number of ether oxygens (including phenoxy) is 1. The fourth-order valence-corrected chi connectivity index (χ4v) is 5.22. The number of piperidine rings is 1. The van der Waals surface area contributed by atoms with Crippen molar-refractivity contribution in [2.45, 2.75) is 24.2 Å². The van der Waals surface area contributed by atoms with Gasteiger partial charge in [0.1, 0.15) is 11.5 Å². The zero-order valence-electron chi connectivity index (χ0n) is 16.3. The Balaban J connectivity index is 1.37. The summed E-state index contributed by atoms with van der Waals surface area (Å²) in [4.78, 5) is 0.319. The van der Waals surface area contributed by atoms with E-state index < -0.39 is 10.0 Å². The van der Waals surface area contributed by atoms with E-state index in [0.29, 0.717) is 29.7 Å². The molecule has 0 atom stereocenters. The third-order valence-corrected chi connectivity index (χ3v) is 7.29. The van der Waals surface area contributed by atoms with Gasteiger partial charge in [0.25, 0.3) is 0 Å². The zero-order chi connectivity index (χ0) is 20.1. The quantitative estimate of drug-likeness (QED) is 0.570. The molecule has 1 fully saturated rings. The molecule has 3 aromatic carbocycles. The third kappa shape index (κ3) is 4.86. The van der Waals surface area contributed by atoms with Crippen molar-refractivity contribution in [2.75, 3.05) is 13.1 Å².